The Morgan fingerprint density at radius 2 is 1.47 bits per heavy atom. The largest absolute Gasteiger partial charge is 0.298 e. The molecule has 0 heterocycles. The first-order valence-electron chi connectivity index (χ1n) is 10.5. The monoisotopic (exact) mass is 406 g/mol. The second-order valence-corrected chi connectivity index (χ2v) is 8.13. The van der Waals surface area contributed by atoms with Gasteiger partial charge < -0.3 is 0 Å². The number of hydrogen-bond donors (Lipinski definition) is 0. The number of carbonyl (C=O) groups excluding carboxylic acids is 1. The molecule has 3 aromatic rings. The zero-order valence-corrected chi connectivity index (χ0v) is 17.6. The first-order chi connectivity index (χ1) is 14.4. The van der Waals surface area contributed by atoms with Gasteiger partial charge in [-0.15, -0.1) is 0 Å². The Hall–Kier alpha value is -2.81. The summed E-state index contributed by atoms with van der Waals surface area (Å²) in [6, 6.07) is 17.9. The summed E-state index contributed by atoms with van der Waals surface area (Å²) in [5.74, 6) is -0.981. The van der Waals surface area contributed by atoms with Gasteiger partial charge in [0.1, 0.15) is 17.9 Å². The summed E-state index contributed by atoms with van der Waals surface area (Å²) < 4.78 is 27.7. The lowest BCUT2D eigenvalue weighted by atomic mass is 9.86. The fourth-order valence-electron chi connectivity index (χ4n) is 3.90. The van der Waals surface area contributed by atoms with Crippen molar-refractivity contribution in [2.75, 3.05) is 0 Å². The predicted octanol–water partition coefficient (Wildman–Crippen LogP) is 7.13. The molecule has 1 atom stereocenters. The van der Waals surface area contributed by atoms with Gasteiger partial charge in [0, 0.05) is 11.6 Å². The number of hydrogen-bond acceptors (Lipinski definition) is 1. The van der Waals surface area contributed by atoms with Gasteiger partial charge in [0.25, 0.3) is 0 Å². The first kappa shape index (κ1) is 21.9. The average Bonchev–Trinajstić information content (AvgIpc) is 2.72. The van der Waals surface area contributed by atoms with E-state index in [2.05, 4.69) is 32.0 Å². The van der Waals surface area contributed by atoms with Gasteiger partial charge in [-0.1, -0.05) is 48.9 Å². The molecule has 30 heavy (non-hydrogen) atoms. The Morgan fingerprint density at radius 3 is 2.10 bits per heavy atom. The van der Waals surface area contributed by atoms with Gasteiger partial charge in [0.05, 0.1) is 0 Å². The van der Waals surface area contributed by atoms with E-state index in [1.54, 1.807) is 0 Å². The van der Waals surface area contributed by atoms with E-state index in [0.717, 1.165) is 50.0 Å². The molecule has 0 bridgehead atoms. The maximum atomic E-state index is 13.9. The van der Waals surface area contributed by atoms with Crippen molar-refractivity contribution in [3.63, 3.8) is 0 Å². The van der Waals surface area contributed by atoms with Crippen LogP contribution < -0.4 is 0 Å². The van der Waals surface area contributed by atoms with Crippen LogP contribution in [-0.4, -0.2) is 6.29 Å². The van der Waals surface area contributed by atoms with Crippen LogP contribution >= 0.6 is 0 Å². The first-order valence-corrected chi connectivity index (χ1v) is 10.5. The summed E-state index contributed by atoms with van der Waals surface area (Å²) in [5.41, 5.74) is 6.27. The molecule has 0 saturated carbocycles. The highest BCUT2D eigenvalue weighted by molar-refractivity contribution is 5.74. The van der Waals surface area contributed by atoms with Crippen molar-refractivity contribution in [1.82, 2.24) is 0 Å². The van der Waals surface area contributed by atoms with Gasteiger partial charge in [0.15, 0.2) is 0 Å². The number of benzene rings is 3. The van der Waals surface area contributed by atoms with Crippen molar-refractivity contribution in [3.8, 4) is 0 Å². The van der Waals surface area contributed by atoms with Gasteiger partial charge in [-0.25, -0.2) is 8.78 Å². The van der Waals surface area contributed by atoms with Crippen LogP contribution in [0.1, 0.15) is 63.4 Å². The average molecular weight is 407 g/mol. The minimum absolute atomic E-state index is 0.0646. The highest BCUT2D eigenvalue weighted by Crippen LogP contribution is 2.29. The summed E-state index contributed by atoms with van der Waals surface area (Å²) in [6.07, 6.45) is 5.34. The molecule has 0 radical (unpaired) electrons. The number of rotatable bonds is 9. The molecular formula is C27H28F2O. The topological polar surface area (TPSA) is 17.1 Å². The molecule has 3 rings (SSSR count). The Kier molecular flexibility index (Phi) is 7.51. The van der Waals surface area contributed by atoms with Gasteiger partial charge in [-0.3, -0.25) is 4.79 Å². The number of halogens is 2. The maximum Gasteiger partial charge on any atom is 0.150 e. The van der Waals surface area contributed by atoms with Crippen molar-refractivity contribution >= 4 is 6.29 Å². The predicted molar refractivity (Wildman–Crippen MR) is 118 cm³/mol. The molecule has 0 N–H and O–H groups in total. The number of aldehydes is 1. The van der Waals surface area contributed by atoms with Crippen molar-refractivity contribution in [2.24, 2.45) is 0 Å². The van der Waals surface area contributed by atoms with E-state index < -0.39 is 11.6 Å². The molecule has 0 amide bonds. The smallest absolute Gasteiger partial charge is 0.150 e. The van der Waals surface area contributed by atoms with Gasteiger partial charge >= 0.3 is 0 Å². The molecule has 1 nitrogen and oxygen atoms in total. The van der Waals surface area contributed by atoms with Crippen LogP contribution in [0.4, 0.5) is 8.78 Å². The molecule has 0 saturated heterocycles. The molecule has 3 aromatic carbocycles. The summed E-state index contributed by atoms with van der Waals surface area (Å²) >= 11 is 0. The highest BCUT2D eigenvalue weighted by Gasteiger charge is 2.15. The van der Waals surface area contributed by atoms with Crippen LogP contribution in [-0.2, 0) is 12.8 Å². The zero-order valence-electron chi connectivity index (χ0n) is 17.6. The molecule has 0 spiro atoms. The van der Waals surface area contributed by atoms with Gasteiger partial charge in [-0.2, -0.15) is 0 Å². The molecule has 0 aliphatic heterocycles. The molecule has 0 fully saturated rings. The number of unbranched alkanes of at least 4 members (excludes halogenated alkanes) is 1. The summed E-state index contributed by atoms with van der Waals surface area (Å²) in [7, 11) is 0. The van der Waals surface area contributed by atoms with Crippen LogP contribution in [0.2, 0.25) is 0 Å². The van der Waals surface area contributed by atoms with Gasteiger partial charge in [0.2, 0.25) is 0 Å². The molecule has 0 aliphatic rings. The van der Waals surface area contributed by atoms with Gasteiger partial charge in [-0.05, 0) is 85.4 Å². The minimum Gasteiger partial charge on any atom is -0.298 e. The number of aryl methyl sites for hydroxylation is 3. The zero-order chi connectivity index (χ0) is 21.5. The van der Waals surface area contributed by atoms with Crippen LogP contribution in [0.5, 0.6) is 0 Å². The Balaban J connectivity index is 1.68. The highest BCUT2D eigenvalue weighted by atomic mass is 19.1. The third kappa shape index (κ3) is 6.09. The quantitative estimate of drug-likeness (QED) is 0.273. The van der Waals surface area contributed by atoms with E-state index in [9.17, 15) is 13.6 Å². The van der Waals surface area contributed by atoms with Crippen LogP contribution in [0.25, 0.3) is 0 Å². The standard InChI is InChI=1S/C27H28F2O/c1-19-7-8-23(13-20(19)2)14-24(25-15-26(28)17-27(29)16-25)6-4-3-5-21-9-11-22(18-30)12-10-21/h7-13,15-18,24H,3-6,14H2,1-2H3/t24-/m0/s1. The van der Waals surface area contributed by atoms with Crippen LogP contribution in [0, 0.1) is 25.5 Å². The fourth-order valence-corrected chi connectivity index (χ4v) is 3.90. The second-order valence-electron chi connectivity index (χ2n) is 8.13. The third-order valence-electron chi connectivity index (χ3n) is 5.79. The SMILES string of the molecule is Cc1ccc(C[C@H](CCCCc2ccc(C=O)cc2)c2cc(F)cc(F)c2)cc1C. The molecular weight excluding hydrogens is 378 g/mol. The Labute approximate surface area is 177 Å². The molecule has 0 aromatic heterocycles. The maximum absolute atomic E-state index is 13.9. The Bertz CT molecular complexity index is 972. The van der Waals surface area contributed by atoms with E-state index >= 15 is 0 Å². The second kappa shape index (κ2) is 10.3. The molecule has 156 valence electrons. The fraction of sp³-hybridized carbons (Fsp3) is 0.296. The lowest BCUT2D eigenvalue weighted by molar-refractivity contribution is 0.112. The molecule has 3 heteroatoms. The summed E-state index contributed by atoms with van der Waals surface area (Å²) in [6.45, 7) is 4.17. The van der Waals surface area contributed by atoms with Crippen LogP contribution in [0.3, 0.4) is 0 Å². The third-order valence-corrected chi connectivity index (χ3v) is 5.79. The van der Waals surface area contributed by atoms with E-state index in [4.69, 9.17) is 0 Å². The number of carbonyl (C=O) groups is 1. The normalized spacial score (nSPS) is 12.0. The van der Waals surface area contributed by atoms with Crippen molar-refractivity contribution < 1.29 is 13.6 Å². The lowest BCUT2D eigenvalue weighted by Gasteiger charge is -2.19. The van der Waals surface area contributed by atoms with Crippen molar-refractivity contribution in [2.45, 2.75) is 51.9 Å². The van der Waals surface area contributed by atoms with E-state index in [0.29, 0.717) is 5.56 Å². The molecule has 0 aliphatic carbocycles. The van der Waals surface area contributed by atoms with Crippen LogP contribution in [0.15, 0.2) is 60.7 Å². The minimum atomic E-state index is -0.523. The Morgan fingerprint density at radius 1 is 0.800 bits per heavy atom. The van der Waals surface area contributed by atoms with E-state index in [1.807, 2.05) is 24.3 Å². The van der Waals surface area contributed by atoms with Crippen molar-refractivity contribution in [3.05, 3.63) is 106 Å². The van der Waals surface area contributed by atoms with Crippen molar-refractivity contribution in [1.29, 1.82) is 0 Å². The lowest BCUT2D eigenvalue weighted by Crippen LogP contribution is -2.05. The molecule has 0 unspecified atom stereocenters. The summed E-state index contributed by atoms with van der Waals surface area (Å²) in [4.78, 5) is 10.8. The summed E-state index contributed by atoms with van der Waals surface area (Å²) in [5, 5.41) is 0. The van der Waals surface area contributed by atoms with E-state index in [-0.39, 0.29) is 5.92 Å². The van der Waals surface area contributed by atoms with E-state index in [1.165, 1.54) is 34.4 Å².